The van der Waals surface area contributed by atoms with Gasteiger partial charge in [-0.2, -0.15) is 0 Å². The lowest BCUT2D eigenvalue weighted by Crippen LogP contribution is -2.56. The molecule has 0 bridgehead atoms. The van der Waals surface area contributed by atoms with Crippen molar-refractivity contribution in [1.29, 1.82) is 0 Å². The minimum absolute atomic E-state index is 0.0162. The van der Waals surface area contributed by atoms with E-state index in [1.165, 1.54) is 6.92 Å². The molecule has 5 heteroatoms. The zero-order valence-electron chi connectivity index (χ0n) is 11.8. The first kappa shape index (κ1) is 15.0. The maximum absolute atomic E-state index is 12.3. The number of likely N-dealkylation sites (tertiary alicyclic amines) is 1. The molecule has 0 aromatic carbocycles. The Labute approximate surface area is 109 Å². The van der Waals surface area contributed by atoms with Gasteiger partial charge in [0.2, 0.25) is 11.8 Å². The third-order valence-electron chi connectivity index (χ3n) is 3.34. The van der Waals surface area contributed by atoms with Crippen LogP contribution >= 0.6 is 0 Å². The van der Waals surface area contributed by atoms with Gasteiger partial charge >= 0.3 is 0 Å². The lowest BCUT2D eigenvalue weighted by Gasteiger charge is -2.37. The first-order valence-electron chi connectivity index (χ1n) is 6.53. The Hall–Kier alpha value is -1.10. The monoisotopic (exact) mass is 255 g/mol. The summed E-state index contributed by atoms with van der Waals surface area (Å²) in [7, 11) is 0. The molecule has 2 atom stereocenters. The van der Waals surface area contributed by atoms with E-state index in [4.69, 9.17) is 5.73 Å². The van der Waals surface area contributed by atoms with E-state index in [1.807, 2.05) is 20.8 Å². The molecule has 0 saturated carbocycles. The molecule has 18 heavy (non-hydrogen) atoms. The summed E-state index contributed by atoms with van der Waals surface area (Å²) >= 11 is 0. The normalized spacial score (nSPS) is 22.5. The molecule has 0 radical (unpaired) electrons. The van der Waals surface area contributed by atoms with Gasteiger partial charge in [0.15, 0.2) is 0 Å². The van der Waals surface area contributed by atoms with Gasteiger partial charge < -0.3 is 16.0 Å². The van der Waals surface area contributed by atoms with Crippen LogP contribution in [0.5, 0.6) is 0 Å². The van der Waals surface area contributed by atoms with Gasteiger partial charge in [-0.05, 0) is 18.3 Å². The zero-order chi connectivity index (χ0) is 13.9. The van der Waals surface area contributed by atoms with Crippen LogP contribution in [0.2, 0.25) is 0 Å². The van der Waals surface area contributed by atoms with E-state index < -0.39 is 6.04 Å². The summed E-state index contributed by atoms with van der Waals surface area (Å²) in [5.74, 6) is -0.0630. The van der Waals surface area contributed by atoms with Gasteiger partial charge in [-0.3, -0.25) is 9.59 Å². The van der Waals surface area contributed by atoms with Gasteiger partial charge in [0.25, 0.3) is 0 Å². The minimum atomic E-state index is -0.492. The van der Waals surface area contributed by atoms with E-state index in [0.717, 1.165) is 19.4 Å². The summed E-state index contributed by atoms with van der Waals surface area (Å²) in [6.45, 7) is 8.70. The predicted molar refractivity (Wildman–Crippen MR) is 70.8 cm³/mol. The van der Waals surface area contributed by atoms with Crippen molar-refractivity contribution in [2.75, 3.05) is 13.1 Å². The van der Waals surface area contributed by atoms with Crippen molar-refractivity contribution in [3.63, 3.8) is 0 Å². The molecule has 0 aliphatic carbocycles. The number of carbonyl (C=O) groups is 2. The molecule has 1 aliphatic rings. The lowest BCUT2D eigenvalue weighted by atomic mass is 9.86. The van der Waals surface area contributed by atoms with E-state index >= 15 is 0 Å². The van der Waals surface area contributed by atoms with Crippen LogP contribution in [0.4, 0.5) is 0 Å². The molecule has 1 aliphatic heterocycles. The van der Waals surface area contributed by atoms with Crippen molar-refractivity contribution in [2.24, 2.45) is 11.1 Å². The number of hydrogen-bond donors (Lipinski definition) is 2. The van der Waals surface area contributed by atoms with Crippen molar-refractivity contribution in [1.82, 2.24) is 10.2 Å². The molecule has 0 aromatic heterocycles. The van der Waals surface area contributed by atoms with Gasteiger partial charge in [-0.1, -0.05) is 20.8 Å². The molecule has 0 spiro atoms. The van der Waals surface area contributed by atoms with E-state index in [0.29, 0.717) is 6.54 Å². The van der Waals surface area contributed by atoms with E-state index in [9.17, 15) is 9.59 Å². The van der Waals surface area contributed by atoms with Crippen LogP contribution < -0.4 is 11.1 Å². The highest BCUT2D eigenvalue weighted by Crippen LogP contribution is 2.21. The molecular weight excluding hydrogens is 230 g/mol. The topological polar surface area (TPSA) is 75.4 Å². The van der Waals surface area contributed by atoms with Crippen molar-refractivity contribution < 1.29 is 9.59 Å². The molecule has 1 unspecified atom stereocenters. The Morgan fingerprint density at radius 3 is 2.50 bits per heavy atom. The summed E-state index contributed by atoms with van der Waals surface area (Å²) in [6.07, 6.45) is 1.83. The number of rotatable bonds is 2. The van der Waals surface area contributed by atoms with Crippen LogP contribution in [0.15, 0.2) is 0 Å². The fourth-order valence-corrected chi connectivity index (χ4v) is 2.15. The quantitative estimate of drug-likeness (QED) is 0.754. The second-order valence-electron chi connectivity index (χ2n) is 6.17. The lowest BCUT2D eigenvalue weighted by molar-refractivity contribution is -0.137. The van der Waals surface area contributed by atoms with Crippen LogP contribution in [0.3, 0.4) is 0 Å². The van der Waals surface area contributed by atoms with Gasteiger partial charge in [0, 0.05) is 26.1 Å². The first-order valence-corrected chi connectivity index (χ1v) is 6.53. The highest BCUT2D eigenvalue weighted by atomic mass is 16.2. The maximum Gasteiger partial charge on any atom is 0.240 e. The maximum atomic E-state index is 12.3. The highest BCUT2D eigenvalue weighted by molar-refractivity contribution is 5.82. The molecule has 5 nitrogen and oxygen atoms in total. The number of amides is 2. The average Bonchev–Trinajstić information content (AvgIpc) is 2.25. The van der Waals surface area contributed by atoms with Crippen LogP contribution in [0.1, 0.15) is 40.5 Å². The number of piperidine rings is 1. The number of nitrogens with two attached hydrogens (primary N) is 1. The van der Waals surface area contributed by atoms with Gasteiger partial charge in [0.05, 0.1) is 6.04 Å². The van der Waals surface area contributed by atoms with Crippen LogP contribution in [-0.4, -0.2) is 41.9 Å². The Morgan fingerprint density at radius 2 is 2.00 bits per heavy atom. The minimum Gasteiger partial charge on any atom is -0.352 e. The van der Waals surface area contributed by atoms with Crippen molar-refractivity contribution >= 4 is 11.8 Å². The summed E-state index contributed by atoms with van der Waals surface area (Å²) < 4.78 is 0. The molecule has 0 aromatic rings. The largest absolute Gasteiger partial charge is 0.352 e. The highest BCUT2D eigenvalue weighted by Gasteiger charge is 2.33. The summed E-state index contributed by atoms with van der Waals surface area (Å²) in [6, 6.07) is -0.430. The second kappa shape index (κ2) is 5.69. The van der Waals surface area contributed by atoms with Gasteiger partial charge in [-0.25, -0.2) is 0 Å². The predicted octanol–water partition coefficient (Wildman–Crippen LogP) is 0.487. The Kier molecular flexibility index (Phi) is 4.73. The van der Waals surface area contributed by atoms with E-state index in [-0.39, 0.29) is 23.3 Å². The molecule has 3 N–H and O–H groups in total. The van der Waals surface area contributed by atoms with Crippen LogP contribution in [0.25, 0.3) is 0 Å². The third-order valence-corrected chi connectivity index (χ3v) is 3.34. The summed E-state index contributed by atoms with van der Waals surface area (Å²) in [5, 5.41) is 2.87. The third kappa shape index (κ3) is 3.98. The number of hydrogen-bond acceptors (Lipinski definition) is 3. The zero-order valence-corrected chi connectivity index (χ0v) is 11.8. The number of carbonyl (C=O) groups excluding carboxylic acids is 2. The Morgan fingerprint density at radius 1 is 1.39 bits per heavy atom. The van der Waals surface area contributed by atoms with Gasteiger partial charge in [-0.15, -0.1) is 0 Å². The number of nitrogens with zero attached hydrogens (tertiary/aromatic N) is 1. The molecule has 1 heterocycles. The fourth-order valence-electron chi connectivity index (χ4n) is 2.15. The van der Waals surface area contributed by atoms with Crippen molar-refractivity contribution in [2.45, 2.75) is 52.6 Å². The van der Waals surface area contributed by atoms with Crippen molar-refractivity contribution in [3.8, 4) is 0 Å². The van der Waals surface area contributed by atoms with Crippen LogP contribution in [0, 0.1) is 5.41 Å². The number of nitrogens with one attached hydrogen (secondary N) is 1. The van der Waals surface area contributed by atoms with Crippen LogP contribution in [-0.2, 0) is 9.59 Å². The average molecular weight is 255 g/mol. The molecule has 1 fully saturated rings. The Bertz CT molecular complexity index is 323. The summed E-state index contributed by atoms with van der Waals surface area (Å²) in [5.41, 5.74) is 5.76. The first-order chi connectivity index (χ1) is 8.21. The van der Waals surface area contributed by atoms with E-state index in [2.05, 4.69) is 5.32 Å². The standard InChI is InChI=1S/C13H25N3O2/c1-9(17)15-10-6-5-7-16(8-10)12(18)11(14)13(2,3)4/h10-11H,5-8,14H2,1-4H3,(H,15,17)/t10?,11-/m1/s1. The smallest absolute Gasteiger partial charge is 0.240 e. The van der Waals surface area contributed by atoms with Gasteiger partial charge in [0.1, 0.15) is 0 Å². The summed E-state index contributed by atoms with van der Waals surface area (Å²) in [4.78, 5) is 25.1. The molecule has 104 valence electrons. The molecule has 1 saturated heterocycles. The second-order valence-corrected chi connectivity index (χ2v) is 6.17. The van der Waals surface area contributed by atoms with E-state index in [1.54, 1.807) is 4.90 Å². The molecular formula is C13H25N3O2. The molecule has 2 amide bonds. The Balaban J connectivity index is 2.61. The SMILES string of the molecule is CC(=O)NC1CCCN(C(=O)[C@@H](N)C(C)(C)C)C1. The molecule has 1 rings (SSSR count). The fraction of sp³-hybridized carbons (Fsp3) is 0.846. The van der Waals surface area contributed by atoms with Crippen molar-refractivity contribution in [3.05, 3.63) is 0 Å².